The molecule has 0 amide bonds. The summed E-state index contributed by atoms with van der Waals surface area (Å²) in [6.45, 7) is 0.233. The van der Waals surface area contributed by atoms with E-state index < -0.39 is 0 Å². The first-order valence-electron chi connectivity index (χ1n) is 8.65. The van der Waals surface area contributed by atoms with Crippen LogP contribution >= 0.6 is 0 Å². The van der Waals surface area contributed by atoms with Gasteiger partial charge in [0, 0.05) is 11.6 Å². The lowest BCUT2D eigenvalue weighted by atomic mass is 9.80. The van der Waals surface area contributed by atoms with Crippen LogP contribution in [0.2, 0.25) is 0 Å². The third kappa shape index (κ3) is 2.29. The summed E-state index contributed by atoms with van der Waals surface area (Å²) >= 11 is 0. The molecular formula is C20H18N2O4. The molecule has 5 rings (SSSR count). The molecule has 3 aliphatic heterocycles. The van der Waals surface area contributed by atoms with Gasteiger partial charge in [0.2, 0.25) is 6.79 Å². The Kier molecular flexibility index (Phi) is 3.46. The molecular weight excluding hydrogens is 332 g/mol. The number of carbonyl (C=O) groups excluding carboxylic acids is 1. The minimum atomic E-state index is -0.384. The van der Waals surface area contributed by atoms with Crippen molar-refractivity contribution in [2.75, 3.05) is 13.9 Å². The van der Waals surface area contributed by atoms with Crippen molar-refractivity contribution in [3.8, 4) is 11.5 Å². The summed E-state index contributed by atoms with van der Waals surface area (Å²) in [6.07, 6.45) is 0.642. The first-order valence-corrected chi connectivity index (χ1v) is 8.65. The molecule has 3 heterocycles. The molecule has 3 aliphatic rings. The number of fused-ring (bicyclic) bond motifs is 4. The maximum absolute atomic E-state index is 12.3. The number of benzene rings is 2. The largest absolute Gasteiger partial charge is 0.468 e. The first kappa shape index (κ1) is 15.4. The van der Waals surface area contributed by atoms with Gasteiger partial charge < -0.3 is 14.2 Å². The van der Waals surface area contributed by atoms with Crippen molar-refractivity contribution < 1.29 is 19.0 Å². The molecule has 26 heavy (non-hydrogen) atoms. The molecule has 6 nitrogen and oxygen atoms in total. The predicted molar refractivity (Wildman–Crippen MR) is 95.1 cm³/mol. The second kappa shape index (κ2) is 5.85. The van der Waals surface area contributed by atoms with Crippen LogP contribution in [0.15, 0.2) is 47.5 Å². The number of methoxy groups -OCH3 is 1. The van der Waals surface area contributed by atoms with Crippen LogP contribution in [-0.2, 0) is 9.53 Å². The lowest BCUT2D eigenvalue weighted by Crippen LogP contribution is -2.49. The highest BCUT2D eigenvalue weighted by atomic mass is 16.7. The van der Waals surface area contributed by atoms with Gasteiger partial charge in [0.15, 0.2) is 11.5 Å². The van der Waals surface area contributed by atoms with Crippen LogP contribution in [0.1, 0.15) is 29.5 Å². The molecule has 2 aromatic carbocycles. The van der Waals surface area contributed by atoms with Crippen molar-refractivity contribution in [2.45, 2.75) is 24.4 Å². The average Bonchev–Trinajstić information content (AvgIpc) is 3.30. The highest BCUT2D eigenvalue weighted by Crippen LogP contribution is 2.45. The number of nitrogens with zero attached hydrogens (tertiary/aromatic N) is 1. The molecule has 0 radical (unpaired) electrons. The van der Waals surface area contributed by atoms with Gasteiger partial charge in [0.1, 0.15) is 6.04 Å². The van der Waals surface area contributed by atoms with Gasteiger partial charge in [-0.2, -0.15) is 0 Å². The molecule has 1 fully saturated rings. The fourth-order valence-electron chi connectivity index (χ4n) is 4.03. The molecule has 0 saturated carbocycles. The number of aliphatic imine (C=N–C) groups is 1. The highest BCUT2D eigenvalue weighted by molar-refractivity contribution is 6.04. The van der Waals surface area contributed by atoms with Crippen LogP contribution in [0.4, 0.5) is 5.69 Å². The Balaban J connectivity index is 1.58. The van der Waals surface area contributed by atoms with E-state index in [0.717, 1.165) is 28.5 Å². The second-order valence-corrected chi connectivity index (χ2v) is 6.67. The molecule has 0 aromatic heterocycles. The summed E-state index contributed by atoms with van der Waals surface area (Å²) in [5.41, 5.74) is 4.18. The van der Waals surface area contributed by atoms with E-state index in [2.05, 4.69) is 11.4 Å². The Labute approximate surface area is 150 Å². The number of nitrogens with one attached hydrogen (secondary N) is 1. The molecule has 2 aromatic rings. The maximum atomic E-state index is 12.3. The molecule has 0 bridgehead atoms. The van der Waals surface area contributed by atoms with Crippen LogP contribution in [0.25, 0.3) is 0 Å². The fraction of sp³-hybridized carbons (Fsp3) is 0.300. The lowest BCUT2D eigenvalue weighted by molar-refractivity contribution is -0.143. The summed E-state index contributed by atoms with van der Waals surface area (Å²) in [6, 6.07) is 13.4. The summed E-state index contributed by atoms with van der Waals surface area (Å²) in [5, 5.41) is 3.42. The quantitative estimate of drug-likeness (QED) is 0.844. The number of piperidine rings is 1. The summed E-state index contributed by atoms with van der Waals surface area (Å²) < 4.78 is 15.9. The first-order chi connectivity index (χ1) is 12.7. The van der Waals surface area contributed by atoms with Gasteiger partial charge in [-0.25, -0.2) is 0 Å². The molecule has 0 aliphatic carbocycles. The normalized spacial score (nSPS) is 25.3. The number of rotatable bonds is 2. The van der Waals surface area contributed by atoms with E-state index in [1.807, 2.05) is 36.4 Å². The smallest absolute Gasteiger partial charge is 0.322 e. The molecule has 1 N–H and O–H groups in total. The summed E-state index contributed by atoms with van der Waals surface area (Å²) in [7, 11) is 1.42. The van der Waals surface area contributed by atoms with Crippen LogP contribution in [0, 0.1) is 0 Å². The molecule has 1 saturated heterocycles. The fourth-order valence-corrected chi connectivity index (χ4v) is 4.03. The van der Waals surface area contributed by atoms with E-state index in [1.165, 1.54) is 12.7 Å². The Morgan fingerprint density at radius 1 is 1.19 bits per heavy atom. The predicted octanol–water partition coefficient (Wildman–Crippen LogP) is 2.86. The Morgan fingerprint density at radius 3 is 2.92 bits per heavy atom. The standard InChI is InChI=1S/C20H18N2O4/c1-24-20(23)15-9-13-12-4-2-3-5-14(12)21-19(13)18(22-15)11-6-7-16-17(8-11)26-10-25-16/h2-8,13,15,18,22H,9-10H2,1H3/t13?,15-,18-/m1/s1. The number of hydrogen-bond acceptors (Lipinski definition) is 6. The SMILES string of the molecule is COC(=O)[C@H]1CC2C(=Nc3ccccc32)[C@@H](c2ccc3c(c2)OCO3)N1. The van der Waals surface area contributed by atoms with Crippen LogP contribution in [0.3, 0.4) is 0 Å². The van der Waals surface area contributed by atoms with Crippen LogP contribution in [-0.4, -0.2) is 31.6 Å². The highest BCUT2D eigenvalue weighted by Gasteiger charge is 2.42. The van der Waals surface area contributed by atoms with Gasteiger partial charge in [0.05, 0.1) is 18.8 Å². The van der Waals surface area contributed by atoms with E-state index >= 15 is 0 Å². The molecule has 6 heteroatoms. The molecule has 132 valence electrons. The van der Waals surface area contributed by atoms with Gasteiger partial charge in [-0.05, 0) is 35.7 Å². The zero-order valence-electron chi connectivity index (χ0n) is 14.3. The number of hydrogen-bond donors (Lipinski definition) is 1. The monoisotopic (exact) mass is 350 g/mol. The molecule has 3 atom stereocenters. The zero-order valence-corrected chi connectivity index (χ0v) is 14.3. The van der Waals surface area contributed by atoms with Crippen molar-refractivity contribution >= 4 is 17.4 Å². The van der Waals surface area contributed by atoms with E-state index in [-0.39, 0.29) is 30.8 Å². The van der Waals surface area contributed by atoms with E-state index in [1.54, 1.807) is 0 Å². The van der Waals surface area contributed by atoms with Gasteiger partial charge in [-0.1, -0.05) is 24.3 Å². The van der Waals surface area contributed by atoms with E-state index in [4.69, 9.17) is 19.2 Å². The second-order valence-electron chi connectivity index (χ2n) is 6.67. The topological polar surface area (TPSA) is 69.2 Å². The van der Waals surface area contributed by atoms with Crippen molar-refractivity contribution in [3.05, 3.63) is 53.6 Å². The van der Waals surface area contributed by atoms with Crippen LogP contribution < -0.4 is 14.8 Å². The summed E-state index contributed by atoms with van der Waals surface area (Å²) in [4.78, 5) is 17.1. The average molecular weight is 350 g/mol. The minimum absolute atomic E-state index is 0.104. The zero-order chi connectivity index (χ0) is 17.7. The van der Waals surface area contributed by atoms with Gasteiger partial charge in [-0.3, -0.25) is 15.1 Å². The molecule has 0 spiro atoms. The third-order valence-corrected chi connectivity index (χ3v) is 5.27. The van der Waals surface area contributed by atoms with E-state index in [0.29, 0.717) is 6.42 Å². The van der Waals surface area contributed by atoms with Gasteiger partial charge >= 0.3 is 5.97 Å². The summed E-state index contributed by atoms with van der Waals surface area (Å²) in [5.74, 6) is 1.31. The third-order valence-electron chi connectivity index (χ3n) is 5.27. The number of para-hydroxylation sites is 1. The van der Waals surface area contributed by atoms with Crippen molar-refractivity contribution in [1.29, 1.82) is 0 Å². The number of esters is 1. The number of ether oxygens (including phenoxy) is 3. The Bertz CT molecular complexity index is 924. The van der Waals surface area contributed by atoms with E-state index in [9.17, 15) is 4.79 Å². The Hall–Kier alpha value is -2.86. The van der Waals surface area contributed by atoms with Crippen molar-refractivity contribution in [3.63, 3.8) is 0 Å². The van der Waals surface area contributed by atoms with Gasteiger partial charge in [-0.15, -0.1) is 0 Å². The molecule has 1 unspecified atom stereocenters. The van der Waals surface area contributed by atoms with Gasteiger partial charge in [0.25, 0.3) is 0 Å². The van der Waals surface area contributed by atoms with Crippen molar-refractivity contribution in [1.82, 2.24) is 5.32 Å². The number of carbonyl (C=O) groups is 1. The maximum Gasteiger partial charge on any atom is 0.322 e. The lowest BCUT2D eigenvalue weighted by Gasteiger charge is -2.34. The van der Waals surface area contributed by atoms with Crippen LogP contribution in [0.5, 0.6) is 11.5 Å². The Morgan fingerprint density at radius 2 is 2.04 bits per heavy atom. The van der Waals surface area contributed by atoms with Crippen molar-refractivity contribution in [2.24, 2.45) is 4.99 Å². The minimum Gasteiger partial charge on any atom is -0.468 e.